The smallest absolute Gasteiger partial charge is 0.394 e. The molecule has 1 aromatic carbocycles. The molecule has 12 heteroatoms. The summed E-state index contributed by atoms with van der Waals surface area (Å²) in [5.74, 6) is 0.0876. The number of hydrogen-bond acceptors (Lipinski definition) is 6. The van der Waals surface area contributed by atoms with Gasteiger partial charge in [-0.05, 0) is 12.1 Å². The monoisotopic (exact) mass is 466 g/mol. The van der Waals surface area contributed by atoms with Gasteiger partial charge in [-0.15, -0.1) is 23.1 Å². The van der Waals surface area contributed by atoms with E-state index in [9.17, 15) is 27.9 Å². The molecule has 0 fully saturated rings. The number of thiophene rings is 1. The van der Waals surface area contributed by atoms with Gasteiger partial charge in [0.1, 0.15) is 0 Å². The average molecular weight is 467 g/mol. The third-order valence-corrected chi connectivity index (χ3v) is 6.59. The van der Waals surface area contributed by atoms with Crippen molar-refractivity contribution >= 4 is 45.6 Å². The van der Waals surface area contributed by atoms with Gasteiger partial charge in [0.2, 0.25) is 0 Å². The lowest BCUT2D eigenvalue weighted by molar-refractivity contribution is -0.137. The summed E-state index contributed by atoms with van der Waals surface area (Å²) in [6, 6.07) is 2.11. The van der Waals surface area contributed by atoms with Crippen molar-refractivity contribution in [1.82, 2.24) is 9.97 Å². The molecule has 0 radical (unpaired) electrons. The fraction of sp³-hybridized carbons (Fsp3) is 0.294. The van der Waals surface area contributed by atoms with Gasteiger partial charge >= 0.3 is 11.9 Å². The van der Waals surface area contributed by atoms with E-state index in [-0.39, 0.29) is 43.6 Å². The van der Waals surface area contributed by atoms with Crippen LogP contribution < -0.4 is 11.2 Å². The lowest BCUT2D eigenvalue weighted by atomic mass is 10.0. The molecule has 0 amide bonds. The van der Waals surface area contributed by atoms with Gasteiger partial charge in [-0.3, -0.25) is 9.78 Å². The number of hydrogen-bond donors (Lipinski definition) is 3. The molecule has 3 aromatic rings. The van der Waals surface area contributed by atoms with Crippen molar-refractivity contribution < 1.29 is 23.0 Å². The number of methoxy groups -OCH3 is 1. The minimum Gasteiger partial charge on any atom is -0.394 e. The van der Waals surface area contributed by atoms with Gasteiger partial charge in [-0.1, -0.05) is 11.6 Å². The van der Waals surface area contributed by atoms with E-state index in [1.54, 1.807) is 0 Å². The number of alkyl halides is 3. The Morgan fingerprint density at radius 3 is 2.59 bits per heavy atom. The first-order valence-corrected chi connectivity index (χ1v) is 10.3. The van der Waals surface area contributed by atoms with Crippen molar-refractivity contribution in [3.05, 3.63) is 48.9 Å². The van der Waals surface area contributed by atoms with Gasteiger partial charge in [0.25, 0.3) is 5.56 Å². The number of aromatic nitrogens is 2. The molecule has 0 bridgehead atoms. The van der Waals surface area contributed by atoms with Gasteiger partial charge in [0.05, 0.1) is 34.2 Å². The summed E-state index contributed by atoms with van der Waals surface area (Å²) in [5, 5.41) is 10.8. The van der Waals surface area contributed by atoms with Crippen LogP contribution in [0.15, 0.2) is 32.0 Å². The predicted octanol–water partition coefficient (Wildman–Crippen LogP) is 3.72. The van der Waals surface area contributed by atoms with Crippen molar-refractivity contribution in [2.24, 2.45) is 0 Å². The van der Waals surface area contributed by atoms with Crippen LogP contribution in [-0.4, -0.2) is 40.6 Å². The first-order valence-electron chi connectivity index (χ1n) is 8.07. The quantitative estimate of drug-likeness (QED) is 0.481. The summed E-state index contributed by atoms with van der Waals surface area (Å²) in [6.07, 6.45) is -5.42. The van der Waals surface area contributed by atoms with Gasteiger partial charge in [-0.2, -0.15) is 13.2 Å². The highest BCUT2D eigenvalue weighted by Crippen LogP contribution is 2.47. The highest BCUT2D eigenvalue weighted by atomic mass is 35.5. The maximum atomic E-state index is 13.9. The van der Waals surface area contributed by atoms with Crippen molar-refractivity contribution in [1.29, 1.82) is 0 Å². The average Bonchev–Trinajstić information content (AvgIpc) is 3.07. The van der Waals surface area contributed by atoms with E-state index in [1.807, 2.05) is 4.98 Å². The van der Waals surface area contributed by atoms with Crippen LogP contribution in [-0.2, 0) is 10.9 Å². The Hall–Kier alpha value is -1.79. The number of aliphatic hydroxyl groups excluding tert-OH is 1. The Labute approximate surface area is 174 Å². The standard InChI is InChI=1S/C17H14ClF3N2O4S2/c1-27-8(4-24)6-29-14-12(11-2-7(18)5-28-11)10(17(19,20)21)3-9-13(14)22-16(26)23-15(9)25/h2-3,5,8,24H,4,6H2,1H3,(H2,22,23,25,26)/t8-/m0/s1. The molecule has 29 heavy (non-hydrogen) atoms. The topological polar surface area (TPSA) is 95.2 Å². The molecule has 2 aromatic heterocycles. The van der Waals surface area contributed by atoms with Crippen LogP contribution in [0.25, 0.3) is 21.3 Å². The van der Waals surface area contributed by atoms with E-state index >= 15 is 0 Å². The SMILES string of the molecule is CO[C@@H](CO)CSc1c(-c2cc(Cl)cs2)c(C(F)(F)F)cc2c(=O)[nH]c(=O)[nH]c12. The number of benzene rings is 1. The van der Waals surface area contributed by atoms with Crippen LogP contribution >= 0.6 is 34.7 Å². The number of thioether (sulfide) groups is 1. The number of nitrogens with one attached hydrogen (secondary N) is 2. The number of aromatic amines is 2. The van der Waals surface area contributed by atoms with Crippen LogP contribution in [0, 0.1) is 0 Å². The number of ether oxygens (including phenoxy) is 1. The summed E-state index contributed by atoms with van der Waals surface area (Å²) in [7, 11) is 1.36. The first-order chi connectivity index (χ1) is 13.7. The zero-order chi connectivity index (χ0) is 21.3. The third-order valence-electron chi connectivity index (χ3n) is 4.06. The second-order valence-electron chi connectivity index (χ2n) is 5.94. The van der Waals surface area contributed by atoms with Crippen molar-refractivity contribution in [3.63, 3.8) is 0 Å². The highest BCUT2D eigenvalue weighted by Gasteiger charge is 2.37. The Kier molecular flexibility index (Phi) is 6.44. The Bertz CT molecular complexity index is 1150. The number of aliphatic hydroxyl groups is 1. The van der Waals surface area contributed by atoms with E-state index in [1.165, 1.54) is 18.6 Å². The molecule has 0 aliphatic carbocycles. The molecule has 0 spiro atoms. The molecule has 156 valence electrons. The molecular weight excluding hydrogens is 453 g/mol. The van der Waals surface area contributed by atoms with E-state index in [0.29, 0.717) is 0 Å². The van der Waals surface area contributed by atoms with Crippen LogP contribution in [0.4, 0.5) is 13.2 Å². The summed E-state index contributed by atoms with van der Waals surface area (Å²) < 4.78 is 46.8. The van der Waals surface area contributed by atoms with Crippen LogP contribution in [0.1, 0.15) is 5.56 Å². The summed E-state index contributed by atoms with van der Waals surface area (Å²) >= 11 is 7.87. The van der Waals surface area contributed by atoms with Crippen LogP contribution in [0.2, 0.25) is 5.02 Å². The molecule has 0 aliphatic heterocycles. The first kappa shape index (κ1) is 21.9. The third kappa shape index (κ3) is 4.53. The molecule has 6 nitrogen and oxygen atoms in total. The molecule has 1 atom stereocenters. The van der Waals surface area contributed by atoms with Crippen molar-refractivity contribution in [2.45, 2.75) is 17.2 Å². The number of halogens is 4. The second-order valence-corrected chi connectivity index (χ2v) is 8.32. The zero-order valence-electron chi connectivity index (χ0n) is 14.7. The molecule has 0 saturated heterocycles. The minimum absolute atomic E-state index is 0.0240. The van der Waals surface area contributed by atoms with Crippen molar-refractivity contribution in [3.8, 4) is 10.4 Å². The lowest BCUT2D eigenvalue weighted by Crippen LogP contribution is -2.23. The van der Waals surface area contributed by atoms with Gasteiger partial charge < -0.3 is 14.8 Å². The number of rotatable bonds is 6. The molecular formula is C17H14ClF3N2O4S2. The van der Waals surface area contributed by atoms with Gasteiger partial charge in [0.15, 0.2) is 0 Å². The van der Waals surface area contributed by atoms with Gasteiger partial charge in [-0.25, -0.2) is 4.79 Å². The predicted molar refractivity (Wildman–Crippen MR) is 107 cm³/mol. The maximum Gasteiger partial charge on any atom is 0.417 e. The minimum atomic E-state index is -4.77. The second kappa shape index (κ2) is 8.52. The van der Waals surface area contributed by atoms with Crippen LogP contribution in [0.3, 0.4) is 0 Å². The summed E-state index contributed by atoms with van der Waals surface area (Å²) in [4.78, 5) is 28.7. The normalized spacial score (nSPS) is 13.2. The maximum absolute atomic E-state index is 13.9. The molecule has 0 unspecified atom stereocenters. The Morgan fingerprint density at radius 1 is 1.31 bits per heavy atom. The summed E-state index contributed by atoms with van der Waals surface area (Å²) in [5.41, 5.74) is -3.02. The summed E-state index contributed by atoms with van der Waals surface area (Å²) in [6.45, 7) is -0.350. The molecule has 3 N–H and O–H groups in total. The van der Waals surface area contributed by atoms with Gasteiger partial charge in [0, 0.05) is 33.6 Å². The lowest BCUT2D eigenvalue weighted by Gasteiger charge is -2.19. The van der Waals surface area contributed by atoms with E-state index in [0.717, 1.165) is 29.2 Å². The largest absolute Gasteiger partial charge is 0.417 e. The van der Waals surface area contributed by atoms with E-state index < -0.39 is 29.1 Å². The number of fused-ring (bicyclic) bond motifs is 1. The fourth-order valence-electron chi connectivity index (χ4n) is 2.70. The molecule has 2 heterocycles. The van der Waals surface area contributed by atoms with Crippen molar-refractivity contribution in [2.75, 3.05) is 19.5 Å². The van der Waals surface area contributed by atoms with E-state index in [2.05, 4.69) is 4.98 Å². The van der Waals surface area contributed by atoms with E-state index in [4.69, 9.17) is 16.3 Å². The zero-order valence-corrected chi connectivity index (χ0v) is 17.1. The Balaban J connectivity index is 2.40. The number of H-pyrrole nitrogens is 2. The highest BCUT2D eigenvalue weighted by molar-refractivity contribution is 7.99. The van der Waals surface area contributed by atoms with Crippen LogP contribution in [0.5, 0.6) is 0 Å². The Morgan fingerprint density at radius 2 is 2.03 bits per heavy atom. The fourth-order valence-corrected chi connectivity index (χ4v) is 5.17. The molecule has 0 aliphatic rings. The molecule has 3 rings (SSSR count). The molecule has 0 saturated carbocycles.